The van der Waals surface area contributed by atoms with Crippen molar-refractivity contribution in [3.8, 4) is 0 Å². The fourth-order valence-electron chi connectivity index (χ4n) is 1.77. The Hall–Kier alpha value is -2.12. The number of nitrogens with one attached hydrogen (secondary N) is 1. The molecule has 1 fully saturated rings. The quantitative estimate of drug-likeness (QED) is 0.495. The third-order valence-corrected chi connectivity index (χ3v) is 2.70. The summed E-state index contributed by atoms with van der Waals surface area (Å²) >= 11 is 0. The maximum atomic E-state index is 12.1. The standard InChI is InChI=1S/C12H19N3O5/c1-3-5-14(8-11(18)20-4-2)10(17)7-15-9(16)6-13-12(15)19/h3-8H2,1-2H3,(H,13,19). The maximum absolute atomic E-state index is 12.1. The van der Waals surface area contributed by atoms with E-state index in [4.69, 9.17) is 4.74 Å². The lowest BCUT2D eigenvalue weighted by atomic mass is 10.3. The third kappa shape index (κ3) is 4.22. The van der Waals surface area contributed by atoms with Crippen LogP contribution in [0, 0.1) is 0 Å². The van der Waals surface area contributed by atoms with Gasteiger partial charge in [-0.05, 0) is 13.3 Å². The van der Waals surface area contributed by atoms with Gasteiger partial charge in [0.25, 0.3) is 5.91 Å². The third-order valence-electron chi connectivity index (χ3n) is 2.70. The number of carbonyl (C=O) groups excluding carboxylic acids is 4. The van der Waals surface area contributed by atoms with Crippen molar-refractivity contribution in [2.75, 3.05) is 32.8 Å². The average molecular weight is 285 g/mol. The highest BCUT2D eigenvalue weighted by molar-refractivity contribution is 6.04. The van der Waals surface area contributed by atoms with Crippen molar-refractivity contribution < 1.29 is 23.9 Å². The molecule has 0 atom stereocenters. The molecule has 0 spiro atoms. The summed E-state index contributed by atoms with van der Waals surface area (Å²) in [5.41, 5.74) is 0. The minimum Gasteiger partial charge on any atom is -0.465 e. The summed E-state index contributed by atoms with van der Waals surface area (Å²) in [4.78, 5) is 48.4. The van der Waals surface area contributed by atoms with Crippen LogP contribution in [0.5, 0.6) is 0 Å². The lowest BCUT2D eigenvalue weighted by Crippen LogP contribution is -2.45. The molecule has 8 nitrogen and oxygen atoms in total. The first kappa shape index (κ1) is 15.9. The van der Waals surface area contributed by atoms with E-state index in [1.807, 2.05) is 6.92 Å². The number of hydrogen-bond donors (Lipinski definition) is 1. The van der Waals surface area contributed by atoms with Crippen molar-refractivity contribution in [2.45, 2.75) is 20.3 Å². The molecule has 0 aliphatic carbocycles. The number of ether oxygens (including phenoxy) is 1. The summed E-state index contributed by atoms with van der Waals surface area (Å²) < 4.78 is 4.79. The second kappa shape index (κ2) is 7.46. The number of urea groups is 1. The summed E-state index contributed by atoms with van der Waals surface area (Å²) in [5.74, 6) is -1.41. The maximum Gasteiger partial charge on any atom is 0.325 e. The van der Waals surface area contributed by atoms with Crippen LogP contribution in [-0.4, -0.2) is 66.4 Å². The van der Waals surface area contributed by atoms with E-state index in [2.05, 4.69) is 5.32 Å². The van der Waals surface area contributed by atoms with Crippen LogP contribution in [0.4, 0.5) is 4.79 Å². The van der Waals surface area contributed by atoms with E-state index in [-0.39, 0.29) is 26.2 Å². The average Bonchev–Trinajstić information content (AvgIpc) is 2.70. The zero-order valence-corrected chi connectivity index (χ0v) is 11.7. The van der Waals surface area contributed by atoms with Crippen LogP contribution in [0.1, 0.15) is 20.3 Å². The first-order chi connectivity index (χ1) is 9.49. The van der Waals surface area contributed by atoms with Crippen molar-refractivity contribution in [1.29, 1.82) is 0 Å². The molecule has 1 saturated heterocycles. The largest absolute Gasteiger partial charge is 0.465 e. The molecule has 0 bridgehead atoms. The molecule has 1 N–H and O–H groups in total. The van der Waals surface area contributed by atoms with Gasteiger partial charge in [-0.1, -0.05) is 6.92 Å². The molecule has 0 saturated carbocycles. The molecular weight excluding hydrogens is 266 g/mol. The SMILES string of the molecule is CCCN(CC(=O)OCC)C(=O)CN1C(=O)CNC1=O. The molecule has 8 heteroatoms. The molecule has 1 aliphatic heterocycles. The molecule has 0 unspecified atom stereocenters. The highest BCUT2D eigenvalue weighted by atomic mass is 16.5. The lowest BCUT2D eigenvalue weighted by Gasteiger charge is -2.23. The summed E-state index contributed by atoms with van der Waals surface area (Å²) in [6, 6.07) is -0.587. The van der Waals surface area contributed by atoms with Crippen molar-refractivity contribution in [1.82, 2.24) is 15.1 Å². The van der Waals surface area contributed by atoms with Crippen molar-refractivity contribution >= 4 is 23.8 Å². The van der Waals surface area contributed by atoms with Crippen LogP contribution in [0.2, 0.25) is 0 Å². The van der Waals surface area contributed by atoms with Gasteiger partial charge in [0.2, 0.25) is 5.91 Å². The molecular formula is C12H19N3O5. The molecule has 0 aromatic carbocycles. The number of amides is 4. The molecule has 0 radical (unpaired) electrons. The summed E-state index contributed by atoms with van der Waals surface area (Å²) in [5, 5.41) is 2.33. The van der Waals surface area contributed by atoms with Gasteiger partial charge in [0.05, 0.1) is 13.2 Å². The lowest BCUT2D eigenvalue weighted by molar-refractivity contribution is -0.149. The van der Waals surface area contributed by atoms with E-state index in [1.165, 1.54) is 4.90 Å². The van der Waals surface area contributed by atoms with E-state index in [0.29, 0.717) is 13.0 Å². The number of esters is 1. The molecule has 20 heavy (non-hydrogen) atoms. The smallest absolute Gasteiger partial charge is 0.325 e. The van der Waals surface area contributed by atoms with Gasteiger partial charge < -0.3 is 15.0 Å². The second-order valence-corrected chi connectivity index (χ2v) is 4.26. The highest BCUT2D eigenvalue weighted by Crippen LogP contribution is 2.02. The van der Waals surface area contributed by atoms with Gasteiger partial charge in [0, 0.05) is 6.54 Å². The summed E-state index contributed by atoms with van der Waals surface area (Å²) in [6.45, 7) is 3.50. The van der Waals surface area contributed by atoms with E-state index >= 15 is 0 Å². The van der Waals surface area contributed by atoms with Crippen LogP contribution in [0.15, 0.2) is 0 Å². The Morgan fingerprint density at radius 2 is 2.05 bits per heavy atom. The molecule has 4 amide bonds. The van der Waals surface area contributed by atoms with Gasteiger partial charge in [-0.25, -0.2) is 4.79 Å². The molecule has 0 aromatic heterocycles. The number of hydrogen-bond acceptors (Lipinski definition) is 5. The predicted octanol–water partition coefficient (Wildman–Crippen LogP) is -0.660. The number of nitrogens with zero attached hydrogens (tertiary/aromatic N) is 2. The van der Waals surface area contributed by atoms with E-state index in [0.717, 1.165) is 4.90 Å². The Morgan fingerprint density at radius 1 is 1.35 bits per heavy atom. The molecule has 1 rings (SSSR count). The second-order valence-electron chi connectivity index (χ2n) is 4.26. The summed E-state index contributed by atoms with van der Waals surface area (Å²) in [7, 11) is 0. The minimum atomic E-state index is -0.587. The minimum absolute atomic E-state index is 0.0994. The number of rotatable bonds is 7. The van der Waals surface area contributed by atoms with Gasteiger partial charge in [-0.2, -0.15) is 0 Å². The first-order valence-corrected chi connectivity index (χ1v) is 6.51. The van der Waals surface area contributed by atoms with Gasteiger partial charge in [0.15, 0.2) is 0 Å². The Balaban J connectivity index is 2.61. The molecule has 112 valence electrons. The molecule has 0 aromatic rings. The Kier molecular flexibility index (Phi) is 5.95. The normalized spacial score (nSPS) is 14.2. The van der Waals surface area contributed by atoms with Crippen molar-refractivity contribution in [2.24, 2.45) is 0 Å². The fraction of sp³-hybridized carbons (Fsp3) is 0.667. The van der Waals surface area contributed by atoms with Crippen LogP contribution < -0.4 is 5.32 Å². The fourth-order valence-corrected chi connectivity index (χ4v) is 1.77. The summed E-state index contributed by atoms with van der Waals surface area (Å²) in [6.07, 6.45) is 0.658. The molecule has 1 heterocycles. The van der Waals surface area contributed by atoms with E-state index in [9.17, 15) is 19.2 Å². The zero-order valence-electron chi connectivity index (χ0n) is 11.7. The van der Waals surface area contributed by atoms with Crippen molar-refractivity contribution in [3.63, 3.8) is 0 Å². The number of imide groups is 1. The highest BCUT2D eigenvalue weighted by Gasteiger charge is 2.31. The van der Waals surface area contributed by atoms with Gasteiger partial charge >= 0.3 is 12.0 Å². The van der Waals surface area contributed by atoms with Gasteiger partial charge in [-0.15, -0.1) is 0 Å². The Labute approximate surface area is 117 Å². The number of carbonyl (C=O) groups is 4. The van der Waals surface area contributed by atoms with Gasteiger partial charge in [0.1, 0.15) is 13.1 Å². The van der Waals surface area contributed by atoms with Crippen molar-refractivity contribution in [3.05, 3.63) is 0 Å². The predicted molar refractivity (Wildman–Crippen MR) is 68.6 cm³/mol. The zero-order chi connectivity index (χ0) is 15.1. The van der Waals surface area contributed by atoms with Crippen LogP contribution in [0.25, 0.3) is 0 Å². The Bertz CT molecular complexity index is 394. The van der Waals surface area contributed by atoms with Crippen LogP contribution in [-0.2, 0) is 19.1 Å². The van der Waals surface area contributed by atoms with Crippen LogP contribution >= 0.6 is 0 Å². The first-order valence-electron chi connectivity index (χ1n) is 6.51. The van der Waals surface area contributed by atoms with Gasteiger partial charge in [-0.3, -0.25) is 19.3 Å². The monoisotopic (exact) mass is 285 g/mol. The van der Waals surface area contributed by atoms with E-state index in [1.54, 1.807) is 6.92 Å². The molecule has 1 aliphatic rings. The van der Waals surface area contributed by atoms with Crippen LogP contribution in [0.3, 0.4) is 0 Å². The topological polar surface area (TPSA) is 96.0 Å². The Morgan fingerprint density at radius 3 is 2.55 bits per heavy atom. The van der Waals surface area contributed by atoms with E-state index < -0.39 is 23.8 Å².